The third-order valence-corrected chi connectivity index (χ3v) is 20.2. The van der Waals surface area contributed by atoms with Gasteiger partial charge in [-0.1, -0.05) is 351 Å². The van der Waals surface area contributed by atoms with Crippen LogP contribution in [-0.2, 0) is 65.4 Å². The van der Waals surface area contributed by atoms with Crippen LogP contribution in [0.2, 0.25) is 0 Å². The van der Waals surface area contributed by atoms with Crippen molar-refractivity contribution in [2.75, 3.05) is 39.6 Å². The molecule has 0 aliphatic heterocycles. The monoisotopic (exact) mass is 1440 g/mol. The second-order valence-corrected chi connectivity index (χ2v) is 33.3. The minimum atomic E-state index is -4.96. The summed E-state index contributed by atoms with van der Waals surface area (Å²) in [5.74, 6) is 0.933. The number of aliphatic hydroxyl groups is 1. The summed E-state index contributed by atoms with van der Waals surface area (Å²) < 4.78 is 68.6. The fourth-order valence-electron chi connectivity index (χ4n) is 12.1. The van der Waals surface area contributed by atoms with Crippen LogP contribution in [0.5, 0.6) is 0 Å². The summed E-state index contributed by atoms with van der Waals surface area (Å²) in [5, 5.41) is 10.6. The lowest BCUT2D eigenvalue weighted by Crippen LogP contribution is -2.30. The standard InChI is InChI=1S/C79H154O17P2/c1-69(2)55-47-39-31-25-19-13-10-9-11-15-23-29-35-45-53-61-79(84)96-75(66-90-77(82)60-52-44-38-37-42-50-58-72(7)8)68-94-98(87,88)92-64-73(80)63-91-97(85,86)93-67-74(65-89-76(81)59-51-43-34-28-22-18-17-21-27-33-41-49-57-71(5)6)95-78(83)62-54-46-36-30-24-16-12-14-20-26-32-40-48-56-70(3)4/h69-75,80H,9-68H2,1-8H3,(H,85,86)(H,87,88)/t73?,74-,75-/m1/s1. The fraction of sp³-hybridized carbons (Fsp3) is 0.949. The average molecular weight is 1440 g/mol. The zero-order chi connectivity index (χ0) is 72.4. The molecule has 0 bridgehead atoms. The van der Waals surface area contributed by atoms with E-state index in [1.54, 1.807) is 0 Å². The second-order valence-electron chi connectivity index (χ2n) is 30.4. The quantitative estimate of drug-likeness (QED) is 0.0222. The topological polar surface area (TPSA) is 237 Å². The Labute approximate surface area is 600 Å². The molecule has 0 aromatic heterocycles. The van der Waals surface area contributed by atoms with Crippen molar-refractivity contribution in [3.63, 3.8) is 0 Å². The van der Waals surface area contributed by atoms with Gasteiger partial charge >= 0.3 is 39.5 Å². The van der Waals surface area contributed by atoms with Crippen molar-refractivity contribution in [1.82, 2.24) is 0 Å². The predicted octanol–water partition coefficient (Wildman–Crippen LogP) is 23.2. The molecule has 0 aliphatic rings. The zero-order valence-electron chi connectivity index (χ0n) is 64.4. The molecule has 0 aromatic carbocycles. The van der Waals surface area contributed by atoms with Gasteiger partial charge in [0.15, 0.2) is 12.2 Å². The zero-order valence-corrected chi connectivity index (χ0v) is 66.2. The van der Waals surface area contributed by atoms with Crippen LogP contribution in [0.15, 0.2) is 0 Å². The van der Waals surface area contributed by atoms with Gasteiger partial charge in [0.25, 0.3) is 0 Å². The first-order chi connectivity index (χ1) is 47.1. The Bertz CT molecular complexity index is 1920. The van der Waals surface area contributed by atoms with E-state index in [1.807, 2.05) is 0 Å². The van der Waals surface area contributed by atoms with Crippen molar-refractivity contribution in [2.24, 2.45) is 23.7 Å². The van der Waals surface area contributed by atoms with Crippen molar-refractivity contribution < 1.29 is 80.2 Å². The van der Waals surface area contributed by atoms with Gasteiger partial charge in [-0.15, -0.1) is 0 Å². The minimum absolute atomic E-state index is 0.106. The number of ether oxygens (including phenoxy) is 4. The first kappa shape index (κ1) is 96.1. The van der Waals surface area contributed by atoms with Crippen molar-refractivity contribution in [3.05, 3.63) is 0 Å². The predicted molar refractivity (Wildman–Crippen MR) is 400 cm³/mol. The molecule has 5 atom stereocenters. The Balaban J connectivity index is 5.23. The number of unbranched alkanes of at least 4 members (excludes halogenated alkanes) is 42. The van der Waals surface area contributed by atoms with Crippen LogP contribution in [0.25, 0.3) is 0 Å². The van der Waals surface area contributed by atoms with Crippen LogP contribution in [0, 0.1) is 23.7 Å². The smallest absolute Gasteiger partial charge is 0.462 e. The maximum absolute atomic E-state index is 13.1. The molecule has 19 heteroatoms. The molecule has 17 nitrogen and oxygen atoms in total. The Morgan fingerprint density at radius 2 is 0.429 bits per heavy atom. The molecule has 3 unspecified atom stereocenters. The van der Waals surface area contributed by atoms with Crippen LogP contribution in [0.1, 0.15) is 402 Å². The Hall–Kier alpha value is -1.94. The van der Waals surface area contributed by atoms with E-state index in [1.165, 1.54) is 199 Å². The van der Waals surface area contributed by atoms with E-state index in [2.05, 4.69) is 55.4 Å². The number of esters is 4. The highest BCUT2D eigenvalue weighted by molar-refractivity contribution is 7.47. The summed E-state index contributed by atoms with van der Waals surface area (Å²) in [6.07, 6.45) is 54.2. The Morgan fingerprint density at radius 3 is 0.633 bits per heavy atom. The summed E-state index contributed by atoms with van der Waals surface area (Å²) in [4.78, 5) is 72.9. The molecule has 0 aromatic rings. The molecule has 3 N–H and O–H groups in total. The van der Waals surface area contributed by atoms with Crippen LogP contribution in [-0.4, -0.2) is 96.7 Å². The van der Waals surface area contributed by atoms with E-state index in [9.17, 15) is 43.2 Å². The summed E-state index contributed by atoms with van der Waals surface area (Å²) in [7, 11) is -9.92. The number of hydrogen-bond donors (Lipinski definition) is 3. The molecular formula is C79H154O17P2. The third-order valence-electron chi connectivity index (χ3n) is 18.3. The molecule has 0 heterocycles. The molecule has 582 valence electrons. The van der Waals surface area contributed by atoms with E-state index in [4.69, 9.17) is 37.0 Å². The number of hydrogen-bond acceptors (Lipinski definition) is 15. The Kier molecular flexibility index (Phi) is 66.8. The molecule has 0 spiro atoms. The van der Waals surface area contributed by atoms with Crippen molar-refractivity contribution >= 4 is 39.5 Å². The van der Waals surface area contributed by atoms with Crippen LogP contribution >= 0.6 is 15.6 Å². The van der Waals surface area contributed by atoms with Crippen LogP contribution in [0.4, 0.5) is 0 Å². The molecule has 0 rings (SSSR count). The molecule has 0 aliphatic carbocycles. The first-order valence-electron chi connectivity index (χ1n) is 40.7. The van der Waals surface area contributed by atoms with Gasteiger partial charge in [-0.05, 0) is 49.4 Å². The summed E-state index contributed by atoms with van der Waals surface area (Å²) >= 11 is 0. The number of rotatable bonds is 76. The second kappa shape index (κ2) is 68.2. The highest BCUT2D eigenvalue weighted by Gasteiger charge is 2.30. The third kappa shape index (κ3) is 72.4. The number of carbonyl (C=O) groups excluding carboxylic acids is 4. The van der Waals surface area contributed by atoms with Gasteiger partial charge < -0.3 is 33.8 Å². The minimum Gasteiger partial charge on any atom is -0.462 e. The summed E-state index contributed by atoms with van der Waals surface area (Å²) in [6, 6.07) is 0. The van der Waals surface area contributed by atoms with Crippen LogP contribution < -0.4 is 0 Å². The lowest BCUT2D eigenvalue weighted by atomic mass is 10.0. The number of phosphoric ester groups is 2. The van der Waals surface area contributed by atoms with E-state index >= 15 is 0 Å². The lowest BCUT2D eigenvalue weighted by molar-refractivity contribution is -0.161. The highest BCUT2D eigenvalue weighted by atomic mass is 31.2. The van der Waals surface area contributed by atoms with E-state index in [-0.39, 0.29) is 25.7 Å². The maximum atomic E-state index is 13.1. The van der Waals surface area contributed by atoms with Crippen molar-refractivity contribution in [3.8, 4) is 0 Å². The first-order valence-corrected chi connectivity index (χ1v) is 43.7. The summed E-state index contributed by atoms with van der Waals surface area (Å²) in [5.41, 5.74) is 0. The lowest BCUT2D eigenvalue weighted by Gasteiger charge is -2.21. The Morgan fingerprint density at radius 1 is 0.255 bits per heavy atom. The number of aliphatic hydroxyl groups excluding tert-OH is 1. The molecule has 98 heavy (non-hydrogen) atoms. The molecular weight excluding hydrogens is 1280 g/mol. The van der Waals surface area contributed by atoms with Gasteiger partial charge in [0.2, 0.25) is 0 Å². The maximum Gasteiger partial charge on any atom is 0.472 e. The van der Waals surface area contributed by atoms with Crippen molar-refractivity contribution in [1.29, 1.82) is 0 Å². The van der Waals surface area contributed by atoms with Crippen LogP contribution in [0.3, 0.4) is 0 Å². The molecule has 0 radical (unpaired) electrons. The average Bonchev–Trinajstić information content (AvgIpc) is 0.950. The largest absolute Gasteiger partial charge is 0.472 e. The number of carbonyl (C=O) groups is 4. The molecule has 0 saturated carbocycles. The summed E-state index contributed by atoms with van der Waals surface area (Å²) in [6.45, 7) is 14.2. The van der Waals surface area contributed by atoms with Gasteiger partial charge in [0, 0.05) is 25.7 Å². The van der Waals surface area contributed by atoms with Gasteiger partial charge in [0.05, 0.1) is 26.4 Å². The van der Waals surface area contributed by atoms with Gasteiger partial charge in [-0.3, -0.25) is 37.3 Å². The van der Waals surface area contributed by atoms with E-state index in [0.717, 1.165) is 114 Å². The van der Waals surface area contributed by atoms with E-state index in [0.29, 0.717) is 31.6 Å². The van der Waals surface area contributed by atoms with Gasteiger partial charge in [-0.2, -0.15) is 0 Å². The van der Waals surface area contributed by atoms with Gasteiger partial charge in [-0.25, -0.2) is 9.13 Å². The highest BCUT2D eigenvalue weighted by Crippen LogP contribution is 2.45. The van der Waals surface area contributed by atoms with E-state index < -0.39 is 97.5 Å². The normalized spacial score (nSPS) is 14.1. The molecule has 0 fully saturated rings. The van der Waals surface area contributed by atoms with Crippen molar-refractivity contribution in [2.45, 2.75) is 420 Å². The molecule has 0 saturated heterocycles. The SMILES string of the molecule is CC(C)CCCCCCCCCCCCCCCCCC(=O)O[C@H](COC(=O)CCCCCCCCC(C)C)COP(=O)(O)OCC(O)COP(=O)(O)OC[C@@H](COC(=O)CCCCCCCCCCCCCCC(C)C)OC(=O)CCCCCCCCCCCCCCCC(C)C. The van der Waals surface area contributed by atoms with Gasteiger partial charge in [0.1, 0.15) is 19.3 Å². The fourth-order valence-corrected chi connectivity index (χ4v) is 13.7. The molecule has 0 amide bonds. The number of phosphoric acid groups is 2.